The van der Waals surface area contributed by atoms with Gasteiger partial charge in [-0.2, -0.15) is 0 Å². The number of hydrogen-bond acceptors (Lipinski definition) is 4. The summed E-state index contributed by atoms with van der Waals surface area (Å²) in [6.45, 7) is 2.45. The number of anilines is 1. The van der Waals surface area contributed by atoms with Crippen molar-refractivity contribution in [2.24, 2.45) is 0 Å². The number of hydrogen-bond donors (Lipinski definition) is 3. The van der Waals surface area contributed by atoms with Gasteiger partial charge in [-0.15, -0.1) is 11.3 Å². The van der Waals surface area contributed by atoms with Gasteiger partial charge in [0, 0.05) is 27.2 Å². The zero-order valence-corrected chi connectivity index (χ0v) is 11.4. The van der Waals surface area contributed by atoms with Crippen LogP contribution in [0.5, 0.6) is 0 Å². The molecule has 1 aromatic heterocycles. The largest absolute Gasteiger partial charge is 0.465 e. The lowest BCUT2D eigenvalue weighted by molar-refractivity contribution is 0.0799. The maximum absolute atomic E-state index is 12.1. The molecule has 0 saturated heterocycles. The first-order valence-electron chi connectivity index (χ1n) is 5.46. The minimum atomic E-state index is -1.08. The van der Waals surface area contributed by atoms with Gasteiger partial charge in [-0.05, 0) is 18.6 Å². The summed E-state index contributed by atoms with van der Waals surface area (Å²) >= 11 is 1.40. The van der Waals surface area contributed by atoms with Gasteiger partial charge in [-0.1, -0.05) is 0 Å². The normalized spacial score (nSPS) is 9.94. The van der Waals surface area contributed by atoms with E-state index in [1.165, 1.54) is 16.2 Å². The van der Waals surface area contributed by atoms with Crippen molar-refractivity contribution in [3.63, 3.8) is 0 Å². The van der Waals surface area contributed by atoms with Crippen LogP contribution in [0.3, 0.4) is 0 Å². The molecule has 0 aliphatic rings. The fraction of sp³-hybridized carbons (Fsp3) is 0.455. The summed E-state index contributed by atoms with van der Waals surface area (Å²) in [6.07, 6.45) is -1.08. The quantitative estimate of drug-likeness (QED) is 0.757. The van der Waals surface area contributed by atoms with Gasteiger partial charge in [0.15, 0.2) is 0 Å². The Balaban J connectivity index is 2.62. The van der Waals surface area contributed by atoms with Crippen molar-refractivity contribution in [2.75, 3.05) is 32.5 Å². The number of rotatable bonds is 5. The SMILES string of the molecule is CNc1cc(C)c(C(=O)N(C)CCNC(=O)O)s1. The standard InChI is InChI=1S/C11H17N3O3S/c1-7-6-8(12-2)18-9(7)10(15)14(3)5-4-13-11(16)17/h6,12-13H,4-5H2,1-3H3,(H,16,17). The number of likely N-dealkylation sites (N-methyl/N-ethyl adjacent to an activating group) is 1. The van der Waals surface area contributed by atoms with Crippen LogP contribution in [0, 0.1) is 6.92 Å². The zero-order chi connectivity index (χ0) is 13.7. The highest BCUT2D eigenvalue weighted by Gasteiger charge is 2.17. The molecule has 0 spiro atoms. The van der Waals surface area contributed by atoms with E-state index in [4.69, 9.17) is 5.11 Å². The fourth-order valence-electron chi connectivity index (χ4n) is 1.42. The predicted octanol–water partition coefficient (Wildman–Crippen LogP) is 1.44. The van der Waals surface area contributed by atoms with Crippen LogP contribution < -0.4 is 10.6 Å². The molecule has 18 heavy (non-hydrogen) atoms. The minimum absolute atomic E-state index is 0.0915. The Morgan fingerprint density at radius 1 is 1.50 bits per heavy atom. The van der Waals surface area contributed by atoms with E-state index in [0.29, 0.717) is 11.4 Å². The van der Waals surface area contributed by atoms with E-state index in [2.05, 4.69) is 10.6 Å². The molecule has 0 unspecified atom stereocenters. The lowest BCUT2D eigenvalue weighted by Crippen LogP contribution is -2.35. The highest BCUT2D eigenvalue weighted by atomic mass is 32.1. The van der Waals surface area contributed by atoms with Crippen LogP contribution >= 0.6 is 11.3 Å². The van der Waals surface area contributed by atoms with E-state index in [1.807, 2.05) is 13.0 Å². The number of aryl methyl sites for hydroxylation is 1. The summed E-state index contributed by atoms with van der Waals surface area (Å²) in [7, 11) is 3.46. The van der Waals surface area contributed by atoms with Crippen LogP contribution in [0.25, 0.3) is 0 Å². The molecule has 3 N–H and O–H groups in total. The summed E-state index contributed by atoms with van der Waals surface area (Å²) in [5, 5.41) is 14.6. The molecule has 0 aromatic carbocycles. The van der Waals surface area contributed by atoms with Crippen molar-refractivity contribution < 1.29 is 14.7 Å². The number of carbonyl (C=O) groups is 2. The summed E-state index contributed by atoms with van der Waals surface area (Å²) in [5.74, 6) is -0.0915. The second-order valence-corrected chi connectivity index (χ2v) is 4.88. The van der Waals surface area contributed by atoms with Gasteiger partial charge in [0.2, 0.25) is 0 Å². The Bertz CT molecular complexity index is 445. The second-order valence-electron chi connectivity index (χ2n) is 3.83. The molecular formula is C11H17N3O3S. The minimum Gasteiger partial charge on any atom is -0.465 e. The Morgan fingerprint density at radius 2 is 2.17 bits per heavy atom. The van der Waals surface area contributed by atoms with Gasteiger partial charge < -0.3 is 20.6 Å². The number of carbonyl (C=O) groups excluding carboxylic acids is 1. The Kier molecular flexibility index (Phi) is 4.96. The van der Waals surface area contributed by atoms with Gasteiger partial charge in [0.05, 0.1) is 9.88 Å². The average Bonchev–Trinajstić information content (AvgIpc) is 2.69. The Labute approximate surface area is 110 Å². The average molecular weight is 271 g/mol. The van der Waals surface area contributed by atoms with E-state index in [-0.39, 0.29) is 12.5 Å². The molecule has 1 rings (SSSR count). The first kappa shape index (κ1) is 14.3. The van der Waals surface area contributed by atoms with E-state index in [9.17, 15) is 9.59 Å². The maximum atomic E-state index is 12.1. The molecule has 0 bridgehead atoms. The molecule has 1 aromatic rings. The number of amides is 2. The van der Waals surface area contributed by atoms with E-state index in [1.54, 1.807) is 14.1 Å². The van der Waals surface area contributed by atoms with Crippen molar-refractivity contribution in [2.45, 2.75) is 6.92 Å². The molecule has 6 nitrogen and oxygen atoms in total. The van der Waals surface area contributed by atoms with E-state index >= 15 is 0 Å². The van der Waals surface area contributed by atoms with Gasteiger partial charge in [0.1, 0.15) is 0 Å². The summed E-state index contributed by atoms with van der Waals surface area (Å²) in [5.41, 5.74) is 0.924. The third kappa shape index (κ3) is 3.63. The van der Waals surface area contributed by atoms with Gasteiger partial charge >= 0.3 is 6.09 Å². The van der Waals surface area contributed by atoms with Crippen molar-refractivity contribution in [3.8, 4) is 0 Å². The van der Waals surface area contributed by atoms with Gasteiger partial charge in [-0.3, -0.25) is 4.79 Å². The molecule has 0 aliphatic carbocycles. The predicted molar refractivity (Wildman–Crippen MR) is 71.6 cm³/mol. The van der Waals surface area contributed by atoms with Crippen molar-refractivity contribution in [1.29, 1.82) is 0 Å². The smallest absolute Gasteiger partial charge is 0.404 e. The van der Waals surface area contributed by atoms with Crippen LogP contribution in [0.2, 0.25) is 0 Å². The molecule has 2 amide bonds. The Hall–Kier alpha value is -1.76. The van der Waals surface area contributed by atoms with Gasteiger partial charge in [0.25, 0.3) is 5.91 Å². The molecule has 0 aliphatic heterocycles. The second kappa shape index (κ2) is 6.25. The van der Waals surface area contributed by atoms with Crippen LogP contribution in [-0.4, -0.2) is 49.2 Å². The van der Waals surface area contributed by atoms with Crippen molar-refractivity contribution in [3.05, 3.63) is 16.5 Å². The molecule has 0 radical (unpaired) electrons. The molecule has 7 heteroatoms. The first-order valence-corrected chi connectivity index (χ1v) is 6.27. The third-order valence-electron chi connectivity index (χ3n) is 2.43. The molecular weight excluding hydrogens is 254 g/mol. The summed E-state index contributed by atoms with van der Waals surface area (Å²) < 4.78 is 0. The van der Waals surface area contributed by atoms with Crippen LogP contribution in [0.1, 0.15) is 15.2 Å². The highest BCUT2D eigenvalue weighted by Crippen LogP contribution is 2.26. The van der Waals surface area contributed by atoms with Crippen LogP contribution in [0.15, 0.2) is 6.07 Å². The highest BCUT2D eigenvalue weighted by molar-refractivity contribution is 7.18. The van der Waals surface area contributed by atoms with E-state index < -0.39 is 6.09 Å². The van der Waals surface area contributed by atoms with Crippen molar-refractivity contribution in [1.82, 2.24) is 10.2 Å². The first-order chi connectivity index (χ1) is 8.45. The van der Waals surface area contributed by atoms with Crippen molar-refractivity contribution >= 4 is 28.3 Å². The topological polar surface area (TPSA) is 81.7 Å². The molecule has 100 valence electrons. The summed E-state index contributed by atoms with van der Waals surface area (Å²) in [4.78, 5) is 24.6. The van der Waals surface area contributed by atoms with Gasteiger partial charge in [-0.25, -0.2) is 4.79 Å². The maximum Gasteiger partial charge on any atom is 0.404 e. The fourth-order valence-corrected chi connectivity index (χ4v) is 2.44. The zero-order valence-electron chi connectivity index (χ0n) is 10.6. The number of nitrogens with one attached hydrogen (secondary N) is 2. The summed E-state index contributed by atoms with van der Waals surface area (Å²) in [6, 6.07) is 1.92. The lowest BCUT2D eigenvalue weighted by atomic mass is 10.2. The van der Waals surface area contributed by atoms with Crippen LogP contribution in [0.4, 0.5) is 9.80 Å². The third-order valence-corrected chi connectivity index (χ3v) is 3.67. The van der Waals surface area contributed by atoms with Crippen LogP contribution in [-0.2, 0) is 0 Å². The molecule has 0 saturated carbocycles. The molecule has 1 heterocycles. The monoisotopic (exact) mass is 271 g/mol. The number of thiophene rings is 1. The number of nitrogens with zero attached hydrogens (tertiary/aromatic N) is 1. The molecule has 0 atom stereocenters. The number of carboxylic acid groups (broad SMARTS) is 1. The Morgan fingerprint density at radius 3 is 2.67 bits per heavy atom. The lowest BCUT2D eigenvalue weighted by Gasteiger charge is -2.16. The van der Waals surface area contributed by atoms with E-state index in [0.717, 1.165) is 10.6 Å². The molecule has 0 fully saturated rings.